The molecule has 0 aliphatic heterocycles. The molecule has 0 saturated carbocycles. The van der Waals surface area contributed by atoms with Crippen LogP contribution in [0.5, 0.6) is 0 Å². The van der Waals surface area contributed by atoms with Crippen LogP contribution in [0.4, 0.5) is 5.69 Å². The molecule has 1 aromatic heterocycles. The third-order valence-electron chi connectivity index (χ3n) is 4.09. The lowest BCUT2D eigenvalue weighted by atomic mass is 10.2. The first kappa shape index (κ1) is 21.1. The number of nitro groups is 1. The molecule has 3 rings (SSSR count). The summed E-state index contributed by atoms with van der Waals surface area (Å²) in [7, 11) is 1.56. The zero-order valence-corrected chi connectivity index (χ0v) is 16.8. The summed E-state index contributed by atoms with van der Waals surface area (Å²) in [5, 5.41) is 11.1. The van der Waals surface area contributed by atoms with Crippen molar-refractivity contribution in [3.63, 3.8) is 0 Å². The largest absolute Gasteiger partial charge is 0.467 e. The van der Waals surface area contributed by atoms with Gasteiger partial charge in [-0.1, -0.05) is 30.0 Å². The zero-order chi connectivity index (χ0) is 21.5. The summed E-state index contributed by atoms with van der Waals surface area (Å²) in [5.41, 5.74) is -0.208. The number of carbonyl (C=O) groups is 2. The van der Waals surface area contributed by atoms with Crippen LogP contribution in [0.3, 0.4) is 0 Å². The zero-order valence-electron chi connectivity index (χ0n) is 16.0. The number of benzene rings is 2. The fourth-order valence-corrected chi connectivity index (χ4v) is 3.47. The van der Waals surface area contributed by atoms with Crippen molar-refractivity contribution in [3.8, 4) is 0 Å². The van der Waals surface area contributed by atoms with E-state index in [0.29, 0.717) is 10.7 Å². The number of amides is 1. The summed E-state index contributed by atoms with van der Waals surface area (Å²) in [6, 6.07) is 16.7. The number of hydrogen-bond donors (Lipinski definition) is 0. The third-order valence-corrected chi connectivity index (χ3v) is 5.17. The molecule has 0 unspecified atom stereocenters. The predicted octanol–water partition coefficient (Wildman–Crippen LogP) is 4.15. The number of nitro benzene ring substituents is 1. The second-order valence-corrected chi connectivity index (χ2v) is 7.37. The van der Waals surface area contributed by atoms with E-state index in [2.05, 4.69) is 0 Å². The molecule has 30 heavy (non-hydrogen) atoms. The molecule has 3 aromatic rings. The first-order valence-electron chi connectivity index (χ1n) is 8.89. The highest BCUT2D eigenvalue weighted by molar-refractivity contribution is 7.99. The molecule has 154 valence electrons. The number of ether oxygens (including phenoxy) is 1. The van der Waals surface area contributed by atoms with Crippen molar-refractivity contribution in [2.45, 2.75) is 16.3 Å². The van der Waals surface area contributed by atoms with Crippen molar-refractivity contribution < 1.29 is 23.7 Å². The Bertz CT molecular complexity index is 1040. The Morgan fingerprint density at radius 3 is 2.57 bits per heavy atom. The van der Waals surface area contributed by atoms with Gasteiger partial charge in [0.05, 0.1) is 23.3 Å². The molecule has 0 N–H and O–H groups in total. The second kappa shape index (κ2) is 9.75. The Morgan fingerprint density at radius 1 is 1.13 bits per heavy atom. The number of likely N-dealkylation sites (N-methyl/N-ethyl adjacent to an activating group) is 1. The molecule has 0 atom stereocenters. The van der Waals surface area contributed by atoms with Crippen molar-refractivity contribution in [2.75, 3.05) is 13.7 Å². The van der Waals surface area contributed by atoms with E-state index in [0.717, 1.165) is 11.0 Å². The summed E-state index contributed by atoms with van der Waals surface area (Å²) >= 11 is 1.28. The highest BCUT2D eigenvalue weighted by Crippen LogP contribution is 2.32. The van der Waals surface area contributed by atoms with E-state index in [1.807, 2.05) is 30.3 Å². The van der Waals surface area contributed by atoms with Gasteiger partial charge in [0.2, 0.25) is 0 Å². The van der Waals surface area contributed by atoms with E-state index in [9.17, 15) is 19.7 Å². The lowest BCUT2D eigenvalue weighted by molar-refractivity contribution is -0.384. The summed E-state index contributed by atoms with van der Waals surface area (Å²) in [6.07, 6.45) is 1.50. The molecule has 1 heterocycles. The number of non-ortho nitro benzene ring substituents is 1. The van der Waals surface area contributed by atoms with E-state index in [1.54, 1.807) is 19.2 Å². The molecule has 0 fully saturated rings. The monoisotopic (exact) mass is 426 g/mol. The molecule has 0 spiro atoms. The van der Waals surface area contributed by atoms with E-state index < -0.39 is 23.4 Å². The van der Waals surface area contributed by atoms with Gasteiger partial charge in [-0.2, -0.15) is 0 Å². The number of rotatable bonds is 8. The van der Waals surface area contributed by atoms with Crippen LogP contribution in [0.2, 0.25) is 0 Å². The van der Waals surface area contributed by atoms with Gasteiger partial charge in [-0.25, -0.2) is 4.79 Å². The minimum atomic E-state index is -0.808. The molecular weight excluding hydrogens is 408 g/mol. The summed E-state index contributed by atoms with van der Waals surface area (Å²) < 4.78 is 10.3. The quantitative estimate of drug-likeness (QED) is 0.303. The van der Waals surface area contributed by atoms with Crippen LogP contribution in [-0.4, -0.2) is 35.4 Å². The summed E-state index contributed by atoms with van der Waals surface area (Å²) in [6.45, 7) is -0.260. The van der Waals surface area contributed by atoms with Crippen molar-refractivity contribution in [2.24, 2.45) is 0 Å². The first-order valence-corrected chi connectivity index (χ1v) is 9.70. The maximum atomic E-state index is 12.6. The minimum Gasteiger partial charge on any atom is -0.467 e. The number of furan rings is 1. The maximum absolute atomic E-state index is 12.6. The van der Waals surface area contributed by atoms with Crippen LogP contribution in [0, 0.1) is 10.1 Å². The van der Waals surface area contributed by atoms with Gasteiger partial charge in [-0.3, -0.25) is 14.9 Å². The van der Waals surface area contributed by atoms with Crippen LogP contribution in [0.25, 0.3) is 0 Å². The van der Waals surface area contributed by atoms with E-state index in [-0.39, 0.29) is 17.8 Å². The lowest BCUT2D eigenvalue weighted by Gasteiger charge is -2.16. The molecule has 0 bridgehead atoms. The van der Waals surface area contributed by atoms with Crippen LogP contribution in [0.15, 0.2) is 81.1 Å². The smallest absolute Gasteiger partial charge is 0.340 e. The Labute approximate surface area is 176 Å². The van der Waals surface area contributed by atoms with Crippen LogP contribution in [-0.2, 0) is 16.1 Å². The van der Waals surface area contributed by atoms with Gasteiger partial charge in [0.1, 0.15) is 5.76 Å². The highest BCUT2D eigenvalue weighted by Gasteiger charge is 2.21. The van der Waals surface area contributed by atoms with Crippen LogP contribution >= 0.6 is 11.8 Å². The van der Waals surface area contributed by atoms with Gasteiger partial charge in [0.25, 0.3) is 11.6 Å². The average Bonchev–Trinajstić information content (AvgIpc) is 3.25. The van der Waals surface area contributed by atoms with E-state index in [1.165, 1.54) is 35.1 Å². The Balaban J connectivity index is 1.72. The number of carbonyl (C=O) groups excluding carboxylic acids is 2. The molecule has 9 heteroatoms. The van der Waals surface area contributed by atoms with E-state index >= 15 is 0 Å². The molecular formula is C21H18N2O6S. The lowest BCUT2D eigenvalue weighted by Crippen LogP contribution is -2.30. The van der Waals surface area contributed by atoms with Gasteiger partial charge in [0, 0.05) is 29.0 Å². The van der Waals surface area contributed by atoms with Gasteiger partial charge in [-0.05, 0) is 30.3 Å². The minimum absolute atomic E-state index is 0.0274. The highest BCUT2D eigenvalue weighted by atomic mass is 32.2. The van der Waals surface area contributed by atoms with Crippen molar-refractivity contribution in [1.82, 2.24) is 4.90 Å². The summed E-state index contributed by atoms with van der Waals surface area (Å²) in [4.78, 5) is 38.1. The van der Waals surface area contributed by atoms with Crippen molar-refractivity contribution in [3.05, 3.63) is 88.4 Å². The number of nitrogens with zero attached hydrogens (tertiary/aromatic N) is 2. The molecule has 0 saturated heterocycles. The Kier molecular flexibility index (Phi) is 6.87. The predicted molar refractivity (Wildman–Crippen MR) is 109 cm³/mol. The first-order chi connectivity index (χ1) is 14.4. The maximum Gasteiger partial charge on any atom is 0.340 e. The SMILES string of the molecule is CN(Cc1ccco1)C(=O)COC(=O)c1cc([N+](=O)[O-])ccc1Sc1ccccc1. The van der Waals surface area contributed by atoms with Crippen LogP contribution in [0.1, 0.15) is 16.1 Å². The molecule has 0 aliphatic carbocycles. The molecule has 0 aliphatic rings. The van der Waals surface area contributed by atoms with Crippen LogP contribution < -0.4 is 0 Å². The van der Waals surface area contributed by atoms with Gasteiger partial charge >= 0.3 is 5.97 Å². The molecule has 1 amide bonds. The van der Waals surface area contributed by atoms with Gasteiger partial charge in [0.15, 0.2) is 6.61 Å². The standard InChI is InChI=1S/C21H18N2O6S/c1-22(13-16-6-5-11-28-16)20(24)14-29-21(25)18-12-15(23(26)27)9-10-19(18)30-17-7-3-2-4-8-17/h2-12H,13-14H2,1H3. The topological polar surface area (TPSA) is 103 Å². The fraction of sp³-hybridized carbons (Fsp3) is 0.143. The number of hydrogen-bond acceptors (Lipinski definition) is 7. The van der Waals surface area contributed by atoms with Crippen molar-refractivity contribution >= 4 is 29.3 Å². The third kappa shape index (κ3) is 5.48. The Morgan fingerprint density at radius 2 is 1.90 bits per heavy atom. The molecule has 8 nitrogen and oxygen atoms in total. The summed E-state index contributed by atoms with van der Waals surface area (Å²) in [5.74, 6) is -0.642. The van der Waals surface area contributed by atoms with Gasteiger partial charge < -0.3 is 14.1 Å². The van der Waals surface area contributed by atoms with Gasteiger partial charge in [-0.15, -0.1) is 0 Å². The number of esters is 1. The normalized spacial score (nSPS) is 10.4. The fourth-order valence-electron chi connectivity index (χ4n) is 2.54. The molecule has 2 aromatic carbocycles. The Hall–Kier alpha value is -3.59. The van der Waals surface area contributed by atoms with E-state index in [4.69, 9.17) is 9.15 Å². The average molecular weight is 426 g/mol. The molecule has 0 radical (unpaired) electrons. The van der Waals surface area contributed by atoms with Crippen molar-refractivity contribution in [1.29, 1.82) is 0 Å². The second-order valence-electron chi connectivity index (χ2n) is 6.26.